The Morgan fingerprint density at radius 2 is 1.85 bits per heavy atom. The molecule has 1 aromatic carbocycles. The highest BCUT2D eigenvalue weighted by atomic mass is 14.8. The van der Waals surface area contributed by atoms with Crippen LogP contribution in [0.25, 0.3) is 5.70 Å². The molecule has 0 amide bonds. The van der Waals surface area contributed by atoms with Gasteiger partial charge in [0.05, 0.1) is 0 Å². The molecule has 4 N–H and O–H groups in total. The first-order valence-electron chi connectivity index (χ1n) is 3.99. The Bertz CT molecular complexity index is 325. The summed E-state index contributed by atoms with van der Waals surface area (Å²) in [5, 5.41) is 0. The molecule has 0 saturated carbocycles. The van der Waals surface area contributed by atoms with E-state index in [4.69, 9.17) is 11.5 Å². The van der Waals surface area contributed by atoms with Gasteiger partial charge < -0.3 is 11.5 Å². The van der Waals surface area contributed by atoms with Crippen LogP contribution < -0.4 is 11.5 Å². The first-order valence-corrected chi connectivity index (χ1v) is 3.99. The molecule has 3 heteroatoms. The lowest BCUT2D eigenvalue weighted by Crippen LogP contribution is -2.10. The molecule has 0 heterocycles. The number of aliphatic imine (C=N–C) groups is 1. The first-order chi connectivity index (χ1) is 6.24. The maximum absolute atomic E-state index is 5.77. The number of benzene rings is 1. The highest BCUT2D eigenvalue weighted by Crippen LogP contribution is 2.06. The van der Waals surface area contributed by atoms with E-state index >= 15 is 0 Å². The Morgan fingerprint density at radius 1 is 1.23 bits per heavy atom. The molecule has 68 valence electrons. The fraction of sp³-hybridized carbons (Fsp3) is 0.100. The summed E-state index contributed by atoms with van der Waals surface area (Å²) in [6.07, 6.45) is 1.65. The fourth-order valence-corrected chi connectivity index (χ4v) is 0.938. The minimum Gasteiger partial charge on any atom is -0.398 e. The van der Waals surface area contributed by atoms with Crippen molar-refractivity contribution in [1.29, 1.82) is 0 Å². The van der Waals surface area contributed by atoms with Crippen molar-refractivity contribution >= 4 is 11.5 Å². The Kier molecular flexibility index (Phi) is 3.09. The lowest BCUT2D eigenvalue weighted by atomic mass is 10.1. The standard InChI is InChI=1S/C10H13N3/c1-13-10(12)7-9(11)8-5-3-2-4-6-8/h2-7H,11H2,1H3,(H2,12,13)/b9-7-. The molecule has 0 bridgehead atoms. The van der Waals surface area contributed by atoms with Crippen LogP contribution in [-0.2, 0) is 0 Å². The van der Waals surface area contributed by atoms with Gasteiger partial charge in [-0.1, -0.05) is 30.3 Å². The average Bonchev–Trinajstić information content (AvgIpc) is 2.19. The molecule has 1 rings (SSSR count). The number of amidine groups is 1. The van der Waals surface area contributed by atoms with Crippen LogP contribution >= 0.6 is 0 Å². The van der Waals surface area contributed by atoms with Gasteiger partial charge in [0.1, 0.15) is 5.84 Å². The van der Waals surface area contributed by atoms with Crippen molar-refractivity contribution < 1.29 is 0 Å². The van der Waals surface area contributed by atoms with E-state index in [0.717, 1.165) is 5.56 Å². The number of nitrogens with two attached hydrogens (primary N) is 2. The van der Waals surface area contributed by atoms with E-state index in [1.54, 1.807) is 13.1 Å². The van der Waals surface area contributed by atoms with Gasteiger partial charge in [-0.05, 0) is 5.56 Å². The van der Waals surface area contributed by atoms with Gasteiger partial charge in [0.2, 0.25) is 0 Å². The van der Waals surface area contributed by atoms with Crippen LogP contribution in [-0.4, -0.2) is 12.9 Å². The highest BCUT2D eigenvalue weighted by Gasteiger charge is 1.94. The van der Waals surface area contributed by atoms with Crippen LogP contribution in [0.2, 0.25) is 0 Å². The Balaban J connectivity index is 2.92. The van der Waals surface area contributed by atoms with Crippen LogP contribution in [0.1, 0.15) is 5.56 Å². The predicted molar refractivity (Wildman–Crippen MR) is 56.2 cm³/mol. The van der Waals surface area contributed by atoms with Gasteiger partial charge in [0, 0.05) is 18.8 Å². The molecular formula is C10H13N3. The highest BCUT2D eigenvalue weighted by molar-refractivity contribution is 5.97. The monoisotopic (exact) mass is 175 g/mol. The van der Waals surface area contributed by atoms with E-state index in [2.05, 4.69) is 4.99 Å². The lowest BCUT2D eigenvalue weighted by Gasteiger charge is -2.00. The van der Waals surface area contributed by atoms with E-state index in [1.165, 1.54) is 0 Å². The minimum absolute atomic E-state index is 0.432. The van der Waals surface area contributed by atoms with Gasteiger partial charge in [-0.25, -0.2) is 0 Å². The molecule has 0 radical (unpaired) electrons. The summed E-state index contributed by atoms with van der Waals surface area (Å²) in [6.45, 7) is 0. The van der Waals surface area contributed by atoms with E-state index in [9.17, 15) is 0 Å². The lowest BCUT2D eigenvalue weighted by molar-refractivity contribution is 1.41. The van der Waals surface area contributed by atoms with Crippen molar-refractivity contribution in [2.45, 2.75) is 0 Å². The molecule has 0 aliphatic heterocycles. The largest absolute Gasteiger partial charge is 0.398 e. The van der Waals surface area contributed by atoms with E-state index < -0.39 is 0 Å². The summed E-state index contributed by atoms with van der Waals surface area (Å²) >= 11 is 0. The SMILES string of the molecule is CN=C(N)/C=C(\N)c1ccccc1. The number of rotatable bonds is 2. The molecule has 0 atom stereocenters. The molecule has 0 saturated heterocycles. The normalized spacial score (nSPS) is 13.0. The van der Waals surface area contributed by atoms with Crippen molar-refractivity contribution in [1.82, 2.24) is 0 Å². The Morgan fingerprint density at radius 3 is 2.38 bits per heavy atom. The van der Waals surface area contributed by atoms with Crippen molar-refractivity contribution in [3.8, 4) is 0 Å². The van der Waals surface area contributed by atoms with Crippen LogP contribution in [0.5, 0.6) is 0 Å². The van der Waals surface area contributed by atoms with E-state index in [-0.39, 0.29) is 0 Å². The van der Waals surface area contributed by atoms with Gasteiger partial charge in [-0.15, -0.1) is 0 Å². The van der Waals surface area contributed by atoms with Crippen LogP contribution in [0.3, 0.4) is 0 Å². The van der Waals surface area contributed by atoms with Gasteiger partial charge in [0.15, 0.2) is 0 Å². The summed E-state index contributed by atoms with van der Waals surface area (Å²) in [5.74, 6) is 0.432. The Hall–Kier alpha value is -1.77. The van der Waals surface area contributed by atoms with Crippen LogP contribution in [0.4, 0.5) is 0 Å². The fourth-order valence-electron chi connectivity index (χ4n) is 0.938. The van der Waals surface area contributed by atoms with E-state index in [0.29, 0.717) is 11.5 Å². The maximum atomic E-state index is 5.77. The Labute approximate surface area is 77.8 Å². The summed E-state index contributed by atoms with van der Waals surface area (Å²) < 4.78 is 0. The number of nitrogens with zero attached hydrogens (tertiary/aromatic N) is 1. The molecule has 0 aromatic heterocycles. The van der Waals surface area contributed by atoms with Gasteiger partial charge in [-0.2, -0.15) is 0 Å². The van der Waals surface area contributed by atoms with Crippen molar-refractivity contribution in [3.63, 3.8) is 0 Å². The smallest absolute Gasteiger partial charge is 0.119 e. The molecule has 3 nitrogen and oxygen atoms in total. The molecule has 0 fully saturated rings. The number of hydrogen-bond donors (Lipinski definition) is 2. The summed E-state index contributed by atoms with van der Waals surface area (Å²) in [5.41, 5.74) is 12.9. The minimum atomic E-state index is 0.432. The third-order valence-corrected chi connectivity index (χ3v) is 1.67. The maximum Gasteiger partial charge on any atom is 0.119 e. The summed E-state index contributed by atoms with van der Waals surface area (Å²) in [6, 6.07) is 9.64. The molecule has 0 spiro atoms. The zero-order chi connectivity index (χ0) is 9.68. The summed E-state index contributed by atoms with van der Waals surface area (Å²) in [4.78, 5) is 3.79. The van der Waals surface area contributed by atoms with Crippen molar-refractivity contribution in [2.24, 2.45) is 16.5 Å². The molecular weight excluding hydrogens is 162 g/mol. The van der Waals surface area contributed by atoms with Crippen LogP contribution in [0, 0.1) is 0 Å². The number of hydrogen-bond acceptors (Lipinski definition) is 2. The molecule has 0 aliphatic rings. The molecule has 0 unspecified atom stereocenters. The van der Waals surface area contributed by atoms with Crippen molar-refractivity contribution in [3.05, 3.63) is 42.0 Å². The quantitative estimate of drug-likeness (QED) is 0.519. The molecule has 0 aliphatic carbocycles. The topological polar surface area (TPSA) is 64.4 Å². The second-order valence-electron chi connectivity index (χ2n) is 2.61. The second kappa shape index (κ2) is 4.30. The van der Waals surface area contributed by atoms with E-state index in [1.807, 2.05) is 30.3 Å². The molecule has 13 heavy (non-hydrogen) atoms. The zero-order valence-electron chi connectivity index (χ0n) is 7.57. The summed E-state index contributed by atoms with van der Waals surface area (Å²) in [7, 11) is 1.63. The second-order valence-corrected chi connectivity index (χ2v) is 2.61. The first kappa shape index (κ1) is 9.32. The zero-order valence-corrected chi connectivity index (χ0v) is 7.57. The van der Waals surface area contributed by atoms with Crippen LogP contribution in [0.15, 0.2) is 41.4 Å². The third kappa shape index (κ3) is 2.63. The average molecular weight is 175 g/mol. The third-order valence-electron chi connectivity index (χ3n) is 1.67. The van der Waals surface area contributed by atoms with Gasteiger partial charge >= 0.3 is 0 Å². The van der Waals surface area contributed by atoms with Gasteiger partial charge in [-0.3, -0.25) is 4.99 Å². The van der Waals surface area contributed by atoms with Crippen molar-refractivity contribution in [2.75, 3.05) is 7.05 Å². The van der Waals surface area contributed by atoms with Gasteiger partial charge in [0.25, 0.3) is 0 Å². The predicted octanol–water partition coefficient (Wildman–Crippen LogP) is 0.973. The molecule has 1 aromatic rings.